The second-order valence-corrected chi connectivity index (χ2v) is 8.41. The zero-order valence-electron chi connectivity index (χ0n) is 13.9. The number of amides is 1. The Labute approximate surface area is 136 Å². The first-order valence-corrected chi connectivity index (χ1v) is 8.70. The lowest BCUT2D eigenvalue weighted by molar-refractivity contribution is -0.122. The number of carbonyl (C=O) groups excluding carboxylic acids is 2. The normalized spacial score (nSPS) is 20.5. The topological polar surface area (TPSA) is 58.2 Å². The standard InChI is InChI=1S/C17H26N2O2S/c1-16(2)10-12(11-17(3,4)19-16)18-15(21)8-7-13(20)14-6-5-9-22-14/h5-6,9,12,19H,7-8,10-11H2,1-4H3,(H,18,21). The van der Waals surface area contributed by atoms with Gasteiger partial charge in [-0.25, -0.2) is 0 Å². The highest BCUT2D eigenvalue weighted by Gasteiger charge is 2.38. The molecule has 5 heteroatoms. The van der Waals surface area contributed by atoms with Crippen LogP contribution in [0.3, 0.4) is 0 Å². The van der Waals surface area contributed by atoms with Crippen LogP contribution in [0.4, 0.5) is 0 Å². The molecule has 2 heterocycles. The smallest absolute Gasteiger partial charge is 0.220 e. The van der Waals surface area contributed by atoms with Gasteiger partial charge in [0.15, 0.2) is 5.78 Å². The van der Waals surface area contributed by atoms with Gasteiger partial charge in [0.25, 0.3) is 0 Å². The van der Waals surface area contributed by atoms with E-state index in [1.165, 1.54) is 11.3 Å². The molecule has 22 heavy (non-hydrogen) atoms. The molecule has 0 atom stereocenters. The van der Waals surface area contributed by atoms with E-state index in [9.17, 15) is 9.59 Å². The molecule has 0 saturated carbocycles. The lowest BCUT2D eigenvalue weighted by atomic mass is 9.79. The summed E-state index contributed by atoms with van der Waals surface area (Å²) in [5.74, 6) is 0.0273. The molecule has 0 radical (unpaired) electrons. The number of thiophene rings is 1. The first kappa shape index (κ1) is 17.2. The van der Waals surface area contributed by atoms with Crippen molar-refractivity contribution in [1.82, 2.24) is 10.6 Å². The molecule has 0 unspecified atom stereocenters. The van der Waals surface area contributed by atoms with Crippen molar-refractivity contribution in [3.8, 4) is 0 Å². The molecule has 4 nitrogen and oxygen atoms in total. The van der Waals surface area contributed by atoms with Gasteiger partial charge in [-0.1, -0.05) is 6.07 Å². The average molecular weight is 322 g/mol. The molecule has 1 saturated heterocycles. The van der Waals surface area contributed by atoms with Crippen LogP contribution in [-0.4, -0.2) is 28.8 Å². The minimum absolute atomic E-state index is 0.00643. The van der Waals surface area contributed by atoms with E-state index < -0.39 is 0 Å². The maximum Gasteiger partial charge on any atom is 0.220 e. The lowest BCUT2D eigenvalue weighted by Gasteiger charge is -2.46. The number of rotatable bonds is 5. The van der Waals surface area contributed by atoms with Crippen LogP contribution in [0.5, 0.6) is 0 Å². The summed E-state index contributed by atoms with van der Waals surface area (Å²) in [6.45, 7) is 8.64. The van der Waals surface area contributed by atoms with Crippen LogP contribution in [-0.2, 0) is 4.79 Å². The van der Waals surface area contributed by atoms with Crippen molar-refractivity contribution in [3.63, 3.8) is 0 Å². The Bertz CT molecular complexity index is 519. The van der Waals surface area contributed by atoms with Gasteiger partial charge in [0.2, 0.25) is 5.91 Å². The van der Waals surface area contributed by atoms with Gasteiger partial charge in [0.1, 0.15) is 0 Å². The van der Waals surface area contributed by atoms with Gasteiger partial charge in [-0.15, -0.1) is 11.3 Å². The molecule has 122 valence electrons. The van der Waals surface area contributed by atoms with E-state index in [4.69, 9.17) is 0 Å². The number of ketones is 1. The molecular formula is C17H26N2O2S. The van der Waals surface area contributed by atoms with Gasteiger partial charge < -0.3 is 10.6 Å². The summed E-state index contributed by atoms with van der Waals surface area (Å²) in [7, 11) is 0. The quantitative estimate of drug-likeness (QED) is 0.819. The summed E-state index contributed by atoms with van der Waals surface area (Å²) in [5.41, 5.74) is 0.0129. The summed E-state index contributed by atoms with van der Waals surface area (Å²) in [5, 5.41) is 8.58. The van der Waals surface area contributed by atoms with E-state index >= 15 is 0 Å². The SMILES string of the molecule is CC1(C)CC(NC(=O)CCC(=O)c2cccs2)CC(C)(C)N1. The van der Waals surface area contributed by atoms with E-state index in [2.05, 4.69) is 38.3 Å². The van der Waals surface area contributed by atoms with E-state index in [1.54, 1.807) is 0 Å². The third kappa shape index (κ3) is 4.92. The summed E-state index contributed by atoms with van der Waals surface area (Å²) >= 11 is 1.43. The highest BCUT2D eigenvalue weighted by Crippen LogP contribution is 2.28. The van der Waals surface area contributed by atoms with Crippen LogP contribution in [0.25, 0.3) is 0 Å². The van der Waals surface area contributed by atoms with E-state index in [1.807, 2.05) is 17.5 Å². The van der Waals surface area contributed by atoms with Gasteiger partial charge in [0, 0.05) is 30.0 Å². The van der Waals surface area contributed by atoms with Crippen molar-refractivity contribution in [2.75, 3.05) is 0 Å². The summed E-state index contributed by atoms with van der Waals surface area (Å²) < 4.78 is 0. The minimum atomic E-state index is -0.0246. The monoisotopic (exact) mass is 322 g/mol. The largest absolute Gasteiger partial charge is 0.353 e. The summed E-state index contributed by atoms with van der Waals surface area (Å²) in [4.78, 5) is 24.8. The number of Topliss-reactive ketones (excluding diaryl/α,β-unsaturated/α-hetero) is 1. The van der Waals surface area contributed by atoms with Crippen molar-refractivity contribution in [1.29, 1.82) is 0 Å². The fourth-order valence-corrected chi connectivity index (χ4v) is 4.21. The predicted molar refractivity (Wildman–Crippen MR) is 90.3 cm³/mol. The van der Waals surface area contributed by atoms with Crippen molar-refractivity contribution in [2.45, 2.75) is 70.5 Å². The molecule has 0 aliphatic carbocycles. The van der Waals surface area contributed by atoms with E-state index in [-0.39, 0.29) is 41.7 Å². The zero-order chi connectivity index (χ0) is 16.4. The first-order valence-electron chi connectivity index (χ1n) is 7.82. The van der Waals surface area contributed by atoms with Crippen molar-refractivity contribution < 1.29 is 9.59 Å². The molecule has 2 N–H and O–H groups in total. The van der Waals surface area contributed by atoms with Crippen LogP contribution in [0.15, 0.2) is 17.5 Å². The van der Waals surface area contributed by atoms with E-state index in [0.29, 0.717) is 0 Å². The van der Waals surface area contributed by atoms with Crippen LogP contribution in [0, 0.1) is 0 Å². The second-order valence-electron chi connectivity index (χ2n) is 7.47. The molecule has 1 fully saturated rings. The molecule has 1 aliphatic heterocycles. The lowest BCUT2D eigenvalue weighted by Crippen LogP contribution is -2.62. The van der Waals surface area contributed by atoms with Gasteiger partial charge in [0.05, 0.1) is 4.88 Å². The van der Waals surface area contributed by atoms with Crippen LogP contribution in [0.1, 0.15) is 63.0 Å². The number of carbonyl (C=O) groups is 2. The Morgan fingerprint density at radius 2 is 1.86 bits per heavy atom. The van der Waals surface area contributed by atoms with Crippen molar-refractivity contribution in [3.05, 3.63) is 22.4 Å². The molecule has 2 rings (SSSR count). The Hall–Kier alpha value is -1.20. The molecule has 0 aromatic carbocycles. The molecule has 1 amide bonds. The Morgan fingerprint density at radius 1 is 1.23 bits per heavy atom. The van der Waals surface area contributed by atoms with Crippen LogP contribution >= 0.6 is 11.3 Å². The van der Waals surface area contributed by atoms with Crippen LogP contribution < -0.4 is 10.6 Å². The predicted octanol–water partition coefficient (Wildman–Crippen LogP) is 3.14. The average Bonchev–Trinajstić information content (AvgIpc) is 2.85. The molecular weight excluding hydrogens is 296 g/mol. The third-order valence-electron chi connectivity index (χ3n) is 3.93. The maximum atomic E-state index is 12.1. The van der Waals surface area contributed by atoms with Gasteiger partial charge in [-0.05, 0) is 52.0 Å². The fraction of sp³-hybridized carbons (Fsp3) is 0.647. The molecule has 1 aliphatic rings. The highest BCUT2D eigenvalue weighted by molar-refractivity contribution is 7.12. The van der Waals surface area contributed by atoms with Crippen molar-refractivity contribution >= 4 is 23.0 Å². The summed E-state index contributed by atoms with van der Waals surface area (Å²) in [6, 6.07) is 3.83. The second kappa shape index (κ2) is 6.50. The van der Waals surface area contributed by atoms with Gasteiger partial charge >= 0.3 is 0 Å². The third-order valence-corrected chi connectivity index (χ3v) is 4.84. The summed E-state index contributed by atoms with van der Waals surface area (Å²) in [6.07, 6.45) is 2.35. The molecule has 0 spiro atoms. The van der Waals surface area contributed by atoms with Gasteiger partial charge in [-0.2, -0.15) is 0 Å². The number of hydrogen-bond donors (Lipinski definition) is 2. The van der Waals surface area contributed by atoms with Crippen molar-refractivity contribution in [2.24, 2.45) is 0 Å². The zero-order valence-corrected chi connectivity index (χ0v) is 14.7. The Balaban J connectivity index is 1.83. The van der Waals surface area contributed by atoms with Crippen LogP contribution in [0.2, 0.25) is 0 Å². The maximum absolute atomic E-state index is 12.1. The Kier molecular flexibility index (Phi) is 5.07. The van der Waals surface area contributed by atoms with E-state index in [0.717, 1.165) is 17.7 Å². The number of piperidine rings is 1. The molecule has 1 aromatic heterocycles. The Morgan fingerprint density at radius 3 is 2.41 bits per heavy atom. The number of nitrogens with one attached hydrogen (secondary N) is 2. The number of hydrogen-bond acceptors (Lipinski definition) is 4. The molecule has 0 bridgehead atoms. The first-order chi connectivity index (χ1) is 10.2. The fourth-order valence-electron chi connectivity index (χ4n) is 3.51. The minimum Gasteiger partial charge on any atom is -0.353 e. The molecule has 1 aromatic rings. The highest BCUT2D eigenvalue weighted by atomic mass is 32.1. The van der Waals surface area contributed by atoms with Gasteiger partial charge in [-0.3, -0.25) is 9.59 Å².